The minimum Gasteiger partial charge on any atom is -0.463 e. The van der Waals surface area contributed by atoms with Crippen LogP contribution in [0.5, 0.6) is 6.01 Å². The first-order chi connectivity index (χ1) is 23.2. The second kappa shape index (κ2) is 12.1. The third-order valence-corrected chi connectivity index (χ3v) is 11.1. The largest absolute Gasteiger partial charge is 0.463 e. The van der Waals surface area contributed by atoms with E-state index < -0.39 is 57.8 Å². The molecule has 0 amide bonds. The van der Waals surface area contributed by atoms with Gasteiger partial charge >= 0.3 is 12.2 Å². The number of alkyl halides is 5. The first-order valence-corrected chi connectivity index (χ1v) is 16.6. The third-order valence-electron chi connectivity index (χ3n) is 10.1. The van der Waals surface area contributed by atoms with E-state index in [1.165, 1.54) is 0 Å². The summed E-state index contributed by atoms with van der Waals surface area (Å²) in [5.41, 5.74) is 0.822. The van der Waals surface area contributed by atoms with Crippen molar-refractivity contribution in [3.63, 3.8) is 0 Å². The van der Waals surface area contributed by atoms with Crippen LogP contribution in [-0.4, -0.2) is 73.2 Å². The number of halogens is 7. The highest BCUT2D eigenvalue weighted by Gasteiger charge is 2.45. The molecule has 5 heterocycles. The molecular weight excluding hydrogens is 675 g/mol. The first-order valence-electron chi connectivity index (χ1n) is 15.8. The number of hydrogen-bond acceptors (Lipinski definition) is 9. The van der Waals surface area contributed by atoms with Gasteiger partial charge in [-0.25, -0.2) is 17.6 Å². The maximum absolute atomic E-state index is 16.9. The molecular formula is C33H32F7N7OS. The van der Waals surface area contributed by atoms with Gasteiger partial charge in [0.05, 0.1) is 23.3 Å². The molecule has 3 fully saturated rings. The summed E-state index contributed by atoms with van der Waals surface area (Å²) in [6, 6.07) is 4.28. The van der Waals surface area contributed by atoms with Crippen molar-refractivity contribution in [1.29, 1.82) is 5.26 Å². The zero-order chi connectivity index (χ0) is 35.0. The van der Waals surface area contributed by atoms with E-state index in [1.807, 2.05) is 16.8 Å². The normalized spacial score (nSPS) is 24.7. The summed E-state index contributed by atoms with van der Waals surface area (Å²) < 4.78 is 111. The molecule has 3 saturated heterocycles. The van der Waals surface area contributed by atoms with Crippen molar-refractivity contribution in [3.8, 4) is 23.2 Å². The number of likely N-dealkylation sites (tertiary alicyclic amines) is 1. The topological polar surface area (TPSA) is 103 Å². The molecule has 2 bridgehead atoms. The number of nitrogen functional groups attached to an aromatic ring is 1. The highest BCUT2D eigenvalue weighted by Crippen LogP contribution is 2.49. The fourth-order valence-electron chi connectivity index (χ4n) is 7.81. The number of nitrogens with two attached hydrogens (primary N) is 1. The average molecular weight is 708 g/mol. The van der Waals surface area contributed by atoms with Gasteiger partial charge in [0.15, 0.2) is 5.82 Å². The summed E-state index contributed by atoms with van der Waals surface area (Å²) in [5.74, 6) is -3.61. The number of aromatic nitrogens is 2. The molecule has 16 heteroatoms. The molecule has 260 valence electrons. The SMILES string of the molecule is CN1CC[C@H](C(F)F)[C@](C)(COc2nc(N3C[C@H]4CC[C@@H](C3)N4)c3cc(F)c(-c4c(C(F)(F)F)ccc5sc(N)c(C#N)c45)c(F)c3n2)C1. The second-order valence-electron chi connectivity index (χ2n) is 13.5. The van der Waals surface area contributed by atoms with Gasteiger partial charge in [0.1, 0.15) is 28.2 Å². The number of hydrogen-bond donors (Lipinski definition) is 2. The van der Waals surface area contributed by atoms with E-state index in [1.54, 1.807) is 13.0 Å². The highest BCUT2D eigenvalue weighted by atomic mass is 32.1. The van der Waals surface area contributed by atoms with Crippen molar-refractivity contribution >= 4 is 43.1 Å². The van der Waals surface area contributed by atoms with Gasteiger partial charge in [0, 0.05) is 64.1 Å². The zero-order valence-electron chi connectivity index (χ0n) is 26.5. The number of rotatable bonds is 6. The predicted octanol–water partition coefficient (Wildman–Crippen LogP) is 6.80. The van der Waals surface area contributed by atoms with Crippen LogP contribution in [0.2, 0.25) is 0 Å². The standard InChI is InChI=1S/C33H32F7N7OS/c1-32(13-46(2)8-7-20(32)28(36)37)14-48-31-44-27-17(30(45-31)47-11-15-3-4-16(12-47)43-15)9-21(34)25(26(27)35)24-19(33(38,39)40)5-6-22-23(24)18(10-41)29(42)49-22/h5-6,9,15-16,20,28,43H,3-4,7-8,11-14,42H2,1-2H3/t15-,16+,20-,32+/m1/s1. The smallest absolute Gasteiger partial charge is 0.417 e. The number of thiophene rings is 1. The van der Waals surface area contributed by atoms with Crippen LogP contribution in [0.25, 0.3) is 32.1 Å². The highest BCUT2D eigenvalue weighted by molar-refractivity contribution is 7.23. The summed E-state index contributed by atoms with van der Waals surface area (Å²) >= 11 is 0.827. The van der Waals surface area contributed by atoms with E-state index in [9.17, 15) is 27.2 Å². The maximum atomic E-state index is 16.9. The number of piperidine rings is 1. The van der Waals surface area contributed by atoms with Crippen molar-refractivity contribution in [2.24, 2.45) is 11.3 Å². The Hall–Kier alpha value is -3.94. The van der Waals surface area contributed by atoms with Gasteiger partial charge in [-0.05, 0) is 51.1 Å². The molecule has 7 rings (SSSR count). The van der Waals surface area contributed by atoms with E-state index in [4.69, 9.17) is 10.5 Å². The molecule has 3 aliphatic rings. The number of benzene rings is 2. The number of nitriles is 1. The lowest BCUT2D eigenvalue weighted by Crippen LogP contribution is -2.51. The Kier molecular flexibility index (Phi) is 8.31. The van der Waals surface area contributed by atoms with Crippen LogP contribution in [-0.2, 0) is 6.18 Å². The zero-order valence-corrected chi connectivity index (χ0v) is 27.3. The Labute approximate surface area is 280 Å². The fraction of sp³-hybridized carbons (Fsp3) is 0.485. The van der Waals surface area contributed by atoms with Crippen LogP contribution >= 0.6 is 11.3 Å². The lowest BCUT2D eigenvalue weighted by Gasteiger charge is -2.44. The average Bonchev–Trinajstić information content (AvgIpc) is 3.55. The van der Waals surface area contributed by atoms with Crippen molar-refractivity contribution < 1.29 is 35.5 Å². The minimum atomic E-state index is -5.06. The van der Waals surface area contributed by atoms with Gasteiger partial charge in [-0.15, -0.1) is 11.3 Å². The number of nitrogens with zero attached hydrogens (tertiary/aromatic N) is 5. The Morgan fingerprint density at radius 3 is 2.51 bits per heavy atom. The van der Waals surface area contributed by atoms with Crippen LogP contribution in [0.1, 0.15) is 37.3 Å². The Balaban J connectivity index is 1.43. The summed E-state index contributed by atoms with van der Waals surface area (Å²) in [7, 11) is 1.81. The molecule has 4 atom stereocenters. The molecule has 0 unspecified atom stereocenters. The number of fused-ring (bicyclic) bond motifs is 4. The molecule has 0 spiro atoms. The van der Waals surface area contributed by atoms with E-state index in [-0.39, 0.29) is 69.5 Å². The quantitative estimate of drug-likeness (QED) is 0.211. The number of anilines is 2. The Morgan fingerprint density at radius 2 is 1.86 bits per heavy atom. The number of ether oxygens (including phenoxy) is 1. The minimum absolute atomic E-state index is 0.0750. The summed E-state index contributed by atoms with van der Waals surface area (Å²) in [5, 5.41) is 12.8. The second-order valence-corrected chi connectivity index (χ2v) is 14.6. The van der Waals surface area contributed by atoms with Gasteiger partial charge < -0.3 is 25.6 Å². The van der Waals surface area contributed by atoms with Gasteiger partial charge in [0.2, 0.25) is 6.43 Å². The van der Waals surface area contributed by atoms with Crippen molar-refractivity contribution in [2.75, 3.05) is 50.5 Å². The Bertz CT molecular complexity index is 1980. The van der Waals surface area contributed by atoms with Gasteiger partial charge in [0.25, 0.3) is 0 Å². The number of nitrogens with one attached hydrogen (secondary N) is 1. The fourth-order valence-corrected chi connectivity index (χ4v) is 8.74. The van der Waals surface area contributed by atoms with Gasteiger partial charge in [-0.2, -0.15) is 28.4 Å². The molecule has 49 heavy (non-hydrogen) atoms. The molecule has 0 aliphatic carbocycles. The van der Waals surface area contributed by atoms with Gasteiger partial charge in [-0.1, -0.05) is 6.92 Å². The van der Waals surface area contributed by atoms with E-state index in [2.05, 4.69) is 15.3 Å². The molecule has 0 radical (unpaired) electrons. The summed E-state index contributed by atoms with van der Waals surface area (Å²) in [6.45, 7) is 3.03. The predicted molar refractivity (Wildman–Crippen MR) is 172 cm³/mol. The molecule has 2 aromatic heterocycles. The first kappa shape index (κ1) is 33.6. The van der Waals surface area contributed by atoms with Crippen molar-refractivity contribution in [1.82, 2.24) is 20.2 Å². The monoisotopic (exact) mass is 707 g/mol. The molecule has 2 aromatic carbocycles. The molecule has 8 nitrogen and oxygen atoms in total. The lowest BCUT2D eigenvalue weighted by atomic mass is 9.73. The van der Waals surface area contributed by atoms with Gasteiger partial charge in [-0.3, -0.25) is 0 Å². The summed E-state index contributed by atoms with van der Waals surface area (Å²) in [4.78, 5) is 12.5. The molecule has 3 aliphatic heterocycles. The van der Waals surface area contributed by atoms with Crippen molar-refractivity contribution in [2.45, 2.75) is 50.9 Å². The van der Waals surface area contributed by atoms with Crippen LogP contribution in [0.3, 0.4) is 0 Å². The van der Waals surface area contributed by atoms with Crippen LogP contribution in [0.15, 0.2) is 18.2 Å². The van der Waals surface area contributed by atoms with E-state index in [0.29, 0.717) is 25.7 Å². The Morgan fingerprint density at radius 1 is 1.14 bits per heavy atom. The van der Waals surface area contributed by atoms with Crippen LogP contribution in [0.4, 0.5) is 41.6 Å². The van der Waals surface area contributed by atoms with Crippen LogP contribution < -0.4 is 20.7 Å². The van der Waals surface area contributed by atoms with E-state index >= 15 is 8.78 Å². The molecule has 0 saturated carbocycles. The van der Waals surface area contributed by atoms with Crippen LogP contribution in [0, 0.1) is 34.3 Å². The lowest BCUT2D eigenvalue weighted by molar-refractivity contribution is -0.137. The maximum Gasteiger partial charge on any atom is 0.417 e. The van der Waals surface area contributed by atoms with Crippen molar-refractivity contribution in [3.05, 3.63) is 41.0 Å². The van der Waals surface area contributed by atoms with E-state index in [0.717, 1.165) is 36.3 Å². The molecule has 3 N–H and O–H groups in total. The molecule has 4 aromatic rings. The number of piperazine rings is 1. The summed E-state index contributed by atoms with van der Waals surface area (Å²) in [6.07, 6.45) is -5.71. The third kappa shape index (κ3) is 5.79.